The summed E-state index contributed by atoms with van der Waals surface area (Å²) in [6.07, 6.45) is 47.6. The van der Waals surface area contributed by atoms with Crippen molar-refractivity contribution in [3.63, 3.8) is 0 Å². The summed E-state index contributed by atoms with van der Waals surface area (Å²) in [7, 11) is 0. The number of allylic oxidation sites excluding steroid dienone is 2. The molecule has 0 aliphatic rings. The third-order valence-corrected chi connectivity index (χ3v) is 10.8. The SMILES string of the molecule is CCCCCC/C=C\CCCCCCCC(=O)OC[C@H](COC(=O)CCCCCCCCCCCCCC)OC(=O)CCCCCCCCCCCCCC. The highest BCUT2D eigenvalue weighted by atomic mass is 16.6. The topological polar surface area (TPSA) is 78.9 Å². The molecular weight excluding hydrogens is 685 g/mol. The molecule has 6 heteroatoms. The molecule has 1 atom stereocenters. The average molecular weight is 777 g/mol. The van der Waals surface area contributed by atoms with E-state index in [0.29, 0.717) is 19.3 Å². The Morgan fingerprint density at radius 2 is 0.600 bits per heavy atom. The second-order valence-corrected chi connectivity index (χ2v) is 16.4. The predicted octanol–water partition coefficient (Wildman–Crippen LogP) is 15.4. The fraction of sp³-hybridized carbons (Fsp3) is 0.898. The van der Waals surface area contributed by atoms with Gasteiger partial charge in [-0.15, -0.1) is 0 Å². The molecule has 0 aromatic heterocycles. The van der Waals surface area contributed by atoms with Gasteiger partial charge in [-0.3, -0.25) is 14.4 Å². The predicted molar refractivity (Wildman–Crippen MR) is 233 cm³/mol. The molecule has 0 spiro atoms. The zero-order chi connectivity index (χ0) is 40.1. The van der Waals surface area contributed by atoms with Crippen molar-refractivity contribution in [1.29, 1.82) is 0 Å². The van der Waals surface area contributed by atoms with Gasteiger partial charge in [-0.25, -0.2) is 0 Å². The monoisotopic (exact) mass is 777 g/mol. The van der Waals surface area contributed by atoms with Crippen molar-refractivity contribution in [3.8, 4) is 0 Å². The molecule has 0 heterocycles. The van der Waals surface area contributed by atoms with Crippen LogP contribution in [0.2, 0.25) is 0 Å². The summed E-state index contributed by atoms with van der Waals surface area (Å²) in [5.74, 6) is -0.866. The molecule has 0 amide bonds. The van der Waals surface area contributed by atoms with Crippen LogP contribution in [-0.2, 0) is 28.6 Å². The Hall–Kier alpha value is -1.85. The zero-order valence-corrected chi connectivity index (χ0v) is 37.0. The first-order valence-corrected chi connectivity index (χ1v) is 24.2. The van der Waals surface area contributed by atoms with Crippen LogP contribution in [0.3, 0.4) is 0 Å². The molecule has 6 nitrogen and oxygen atoms in total. The number of hydrogen-bond acceptors (Lipinski definition) is 6. The number of hydrogen-bond donors (Lipinski definition) is 0. The molecule has 55 heavy (non-hydrogen) atoms. The highest BCUT2D eigenvalue weighted by Gasteiger charge is 2.19. The molecule has 0 aromatic rings. The second kappa shape index (κ2) is 44.9. The maximum absolute atomic E-state index is 12.7. The van der Waals surface area contributed by atoms with Gasteiger partial charge in [-0.2, -0.15) is 0 Å². The number of unbranched alkanes of at least 4 members (excludes halogenated alkanes) is 31. The van der Waals surface area contributed by atoms with Gasteiger partial charge in [0, 0.05) is 19.3 Å². The molecule has 0 fully saturated rings. The van der Waals surface area contributed by atoms with Gasteiger partial charge in [0.05, 0.1) is 0 Å². The van der Waals surface area contributed by atoms with E-state index < -0.39 is 6.10 Å². The Balaban J connectivity index is 4.34. The van der Waals surface area contributed by atoms with Crippen LogP contribution >= 0.6 is 0 Å². The highest BCUT2D eigenvalue weighted by molar-refractivity contribution is 5.71. The van der Waals surface area contributed by atoms with Crippen LogP contribution in [0.1, 0.15) is 265 Å². The first-order chi connectivity index (χ1) is 27.0. The summed E-state index contributed by atoms with van der Waals surface area (Å²) in [6, 6.07) is 0. The normalized spacial score (nSPS) is 12.0. The van der Waals surface area contributed by atoms with E-state index in [2.05, 4.69) is 32.9 Å². The van der Waals surface area contributed by atoms with Crippen molar-refractivity contribution in [1.82, 2.24) is 0 Å². The van der Waals surface area contributed by atoms with Crippen LogP contribution in [0.5, 0.6) is 0 Å². The van der Waals surface area contributed by atoms with Crippen molar-refractivity contribution < 1.29 is 28.6 Å². The molecule has 0 N–H and O–H groups in total. The zero-order valence-electron chi connectivity index (χ0n) is 37.0. The van der Waals surface area contributed by atoms with E-state index in [9.17, 15) is 14.4 Å². The Kier molecular flexibility index (Phi) is 43.4. The van der Waals surface area contributed by atoms with Crippen LogP contribution < -0.4 is 0 Å². The molecule has 0 radical (unpaired) electrons. The van der Waals surface area contributed by atoms with Crippen LogP contribution in [0.25, 0.3) is 0 Å². The Morgan fingerprint density at radius 3 is 0.927 bits per heavy atom. The minimum atomic E-state index is -0.764. The number of esters is 3. The maximum atomic E-state index is 12.7. The van der Waals surface area contributed by atoms with Crippen LogP contribution in [0.4, 0.5) is 0 Å². The molecule has 0 aromatic carbocycles. The molecule has 0 bridgehead atoms. The number of carbonyl (C=O) groups excluding carboxylic acids is 3. The van der Waals surface area contributed by atoms with Gasteiger partial charge in [0.25, 0.3) is 0 Å². The molecule has 0 aliphatic carbocycles. The lowest BCUT2D eigenvalue weighted by Gasteiger charge is -2.18. The molecule has 0 saturated heterocycles. The maximum Gasteiger partial charge on any atom is 0.306 e. The van der Waals surface area contributed by atoms with E-state index in [1.54, 1.807) is 0 Å². The van der Waals surface area contributed by atoms with Crippen LogP contribution in [-0.4, -0.2) is 37.2 Å². The minimum Gasteiger partial charge on any atom is -0.462 e. The quantitative estimate of drug-likeness (QED) is 0.0265. The summed E-state index contributed by atoms with van der Waals surface area (Å²) in [5.41, 5.74) is 0. The molecular formula is C49H92O6. The van der Waals surface area contributed by atoms with E-state index in [1.807, 2.05) is 0 Å². The molecule has 0 rings (SSSR count). The Labute approximate surface area is 341 Å². The van der Waals surface area contributed by atoms with Gasteiger partial charge in [-0.1, -0.05) is 213 Å². The first kappa shape index (κ1) is 53.1. The lowest BCUT2D eigenvalue weighted by molar-refractivity contribution is -0.167. The lowest BCUT2D eigenvalue weighted by atomic mass is 10.0. The van der Waals surface area contributed by atoms with E-state index >= 15 is 0 Å². The highest BCUT2D eigenvalue weighted by Crippen LogP contribution is 2.15. The van der Waals surface area contributed by atoms with Crippen molar-refractivity contribution in [2.45, 2.75) is 271 Å². The van der Waals surface area contributed by atoms with E-state index in [0.717, 1.165) is 64.2 Å². The molecule has 0 saturated carbocycles. The van der Waals surface area contributed by atoms with Gasteiger partial charge in [0.1, 0.15) is 13.2 Å². The van der Waals surface area contributed by atoms with Crippen LogP contribution in [0.15, 0.2) is 12.2 Å². The fourth-order valence-electron chi connectivity index (χ4n) is 7.08. The lowest BCUT2D eigenvalue weighted by Crippen LogP contribution is -2.30. The van der Waals surface area contributed by atoms with Gasteiger partial charge in [0.2, 0.25) is 0 Å². The fourth-order valence-corrected chi connectivity index (χ4v) is 7.08. The Bertz CT molecular complexity index is 854. The van der Waals surface area contributed by atoms with Gasteiger partial charge < -0.3 is 14.2 Å². The van der Waals surface area contributed by atoms with E-state index in [-0.39, 0.29) is 31.1 Å². The first-order valence-electron chi connectivity index (χ1n) is 24.2. The minimum absolute atomic E-state index is 0.0677. The molecule has 324 valence electrons. The van der Waals surface area contributed by atoms with Crippen LogP contribution in [0, 0.1) is 0 Å². The number of carbonyl (C=O) groups is 3. The summed E-state index contributed by atoms with van der Waals surface area (Å²) in [4.78, 5) is 37.8. The van der Waals surface area contributed by atoms with Crippen molar-refractivity contribution in [3.05, 3.63) is 12.2 Å². The standard InChI is InChI=1S/C49H92O6/c1-4-7-10-13-16-19-22-25-28-30-33-36-39-42-48(51)54-45-46(55-49(52)43-40-37-34-31-27-24-21-18-15-12-9-6-3)44-53-47(50)41-38-35-32-29-26-23-20-17-14-11-8-5-2/h19,22,46H,4-18,20-21,23-45H2,1-3H3/b22-19-/t46-/m0/s1. The van der Waals surface area contributed by atoms with E-state index in [4.69, 9.17) is 14.2 Å². The summed E-state index contributed by atoms with van der Waals surface area (Å²) in [5, 5.41) is 0. The molecule has 0 aliphatic heterocycles. The van der Waals surface area contributed by atoms with E-state index in [1.165, 1.54) is 161 Å². The Morgan fingerprint density at radius 1 is 0.345 bits per heavy atom. The summed E-state index contributed by atoms with van der Waals surface area (Å²) < 4.78 is 16.7. The van der Waals surface area contributed by atoms with Crippen molar-refractivity contribution in [2.24, 2.45) is 0 Å². The second-order valence-electron chi connectivity index (χ2n) is 16.4. The van der Waals surface area contributed by atoms with Gasteiger partial charge in [-0.05, 0) is 44.9 Å². The molecule has 0 unspecified atom stereocenters. The summed E-state index contributed by atoms with van der Waals surface area (Å²) >= 11 is 0. The smallest absolute Gasteiger partial charge is 0.306 e. The third-order valence-electron chi connectivity index (χ3n) is 10.8. The van der Waals surface area contributed by atoms with Gasteiger partial charge in [0.15, 0.2) is 6.10 Å². The summed E-state index contributed by atoms with van der Waals surface area (Å²) in [6.45, 7) is 6.63. The number of rotatable bonds is 44. The van der Waals surface area contributed by atoms with Gasteiger partial charge >= 0.3 is 17.9 Å². The third kappa shape index (κ3) is 43.1. The average Bonchev–Trinajstić information content (AvgIpc) is 3.18. The van der Waals surface area contributed by atoms with Crippen molar-refractivity contribution in [2.75, 3.05) is 13.2 Å². The number of ether oxygens (including phenoxy) is 3. The van der Waals surface area contributed by atoms with Crippen molar-refractivity contribution >= 4 is 17.9 Å². The largest absolute Gasteiger partial charge is 0.462 e.